The number of alkyl halides is 1. The minimum Gasteiger partial charge on any atom is -0.338 e. The molecule has 0 spiro atoms. The number of anilines is 1. The van der Waals surface area contributed by atoms with Crippen LogP contribution in [0.5, 0.6) is 0 Å². The van der Waals surface area contributed by atoms with Gasteiger partial charge in [-0.25, -0.2) is 0 Å². The molecule has 5 nitrogen and oxygen atoms in total. The van der Waals surface area contributed by atoms with Gasteiger partial charge in [-0.2, -0.15) is 4.68 Å². The van der Waals surface area contributed by atoms with Gasteiger partial charge in [0.2, 0.25) is 5.95 Å². The second kappa shape index (κ2) is 5.79. The Morgan fingerprint density at radius 3 is 2.70 bits per heavy atom. The SMILES string of the molecule is CN(c1nnnn1-c1ccccc1)C1CCCCC1Cl. The van der Waals surface area contributed by atoms with Crippen LogP contribution in [0, 0.1) is 0 Å². The highest BCUT2D eigenvalue weighted by Crippen LogP contribution is 2.29. The Labute approximate surface area is 123 Å². The van der Waals surface area contributed by atoms with E-state index in [-0.39, 0.29) is 5.38 Å². The van der Waals surface area contributed by atoms with Crippen LogP contribution in [0.1, 0.15) is 25.7 Å². The maximum absolute atomic E-state index is 6.47. The summed E-state index contributed by atoms with van der Waals surface area (Å²) >= 11 is 6.47. The smallest absolute Gasteiger partial charge is 0.250 e. The van der Waals surface area contributed by atoms with E-state index in [0.717, 1.165) is 24.5 Å². The summed E-state index contributed by atoms with van der Waals surface area (Å²) in [5.41, 5.74) is 0.960. The number of benzene rings is 1. The van der Waals surface area contributed by atoms with Crippen LogP contribution in [0.2, 0.25) is 0 Å². The van der Waals surface area contributed by atoms with Gasteiger partial charge in [-0.15, -0.1) is 11.6 Å². The van der Waals surface area contributed by atoms with E-state index in [2.05, 4.69) is 20.4 Å². The van der Waals surface area contributed by atoms with Crippen molar-refractivity contribution in [2.75, 3.05) is 11.9 Å². The van der Waals surface area contributed by atoms with Crippen molar-refractivity contribution in [3.8, 4) is 5.69 Å². The first kappa shape index (κ1) is 13.4. The molecule has 2 atom stereocenters. The number of para-hydroxylation sites is 1. The zero-order valence-electron chi connectivity index (χ0n) is 11.5. The van der Waals surface area contributed by atoms with E-state index < -0.39 is 0 Å². The molecule has 0 radical (unpaired) electrons. The average molecular weight is 292 g/mol. The second-order valence-corrected chi connectivity index (χ2v) is 5.77. The van der Waals surface area contributed by atoms with Crippen molar-refractivity contribution in [3.63, 3.8) is 0 Å². The summed E-state index contributed by atoms with van der Waals surface area (Å²) in [6, 6.07) is 10.2. The van der Waals surface area contributed by atoms with Crippen molar-refractivity contribution in [1.82, 2.24) is 20.2 Å². The molecular weight excluding hydrogens is 274 g/mol. The molecule has 1 fully saturated rings. The lowest BCUT2D eigenvalue weighted by atomic mass is 9.94. The summed E-state index contributed by atoms with van der Waals surface area (Å²) < 4.78 is 1.76. The van der Waals surface area contributed by atoms with E-state index in [1.807, 2.05) is 37.4 Å². The number of rotatable bonds is 3. The fourth-order valence-electron chi connectivity index (χ4n) is 2.79. The number of hydrogen-bond acceptors (Lipinski definition) is 4. The largest absolute Gasteiger partial charge is 0.338 e. The highest BCUT2D eigenvalue weighted by Gasteiger charge is 2.29. The fraction of sp³-hybridized carbons (Fsp3) is 0.500. The van der Waals surface area contributed by atoms with Gasteiger partial charge in [-0.1, -0.05) is 36.1 Å². The van der Waals surface area contributed by atoms with Crippen molar-refractivity contribution in [2.24, 2.45) is 0 Å². The lowest BCUT2D eigenvalue weighted by Gasteiger charge is -2.34. The molecule has 2 unspecified atom stereocenters. The Balaban J connectivity index is 1.89. The van der Waals surface area contributed by atoms with Crippen molar-refractivity contribution in [1.29, 1.82) is 0 Å². The quantitative estimate of drug-likeness (QED) is 0.816. The first-order valence-corrected chi connectivity index (χ1v) is 7.42. The van der Waals surface area contributed by atoms with Gasteiger partial charge < -0.3 is 4.90 Å². The summed E-state index contributed by atoms with van der Waals surface area (Å²) in [6.45, 7) is 0. The second-order valence-electron chi connectivity index (χ2n) is 5.20. The summed E-state index contributed by atoms with van der Waals surface area (Å²) in [4.78, 5) is 2.11. The van der Waals surface area contributed by atoms with Crippen LogP contribution in [0.15, 0.2) is 30.3 Å². The molecule has 0 saturated heterocycles. The van der Waals surface area contributed by atoms with Gasteiger partial charge in [-0.05, 0) is 35.4 Å². The molecule has 2 aromatic rings. The molecule has 1 aromatic heterocycles. The highest BCUT2D eigenvalue weighted by molar-refractivity contribution is 6.21. The number of nitrogens with zero attached hydrogens (tertiary/aromatic N) is 5. The van der Waals surface area contributed by atoms with Crippen LogP contribution in [-0.2, 0) is 0 Å². The van der Waals surface area contributed by atoms with E-state index in [9.17, 15) is 0 Å². The van der Waals surface area contributed by atoms with Gasteiger partial charge in [-0.3, -0.25) is 0 Å². The molecule has 0 amide bonds. The molecule has 20 heavy (non-hydrogen) atoms. The molecule has 1 aliphatic carbocycles. The molecule has 1 aliphatic rings. The van der Waals surface area contributed by atoms with Crippen LogP contribution in [0.4, 0.5) is 5.95 Å². The molecule has 1 saturated carbocycles. The first-order chi connectivity index (χ1) is 9.77. The molecule has 0 N–H and O–H groups in total. The molecule has 0 bridgehead atoms. The van der Waals surface area contributed by atoms with Crippen molar-refractivity contribution in [2.45, 2.75) is 37.1 Å². The zero-order chi connectivity index (χ0) is 13.9. The van der Waals surface area contributed by atoms with Crippen molar-refractivity contribution in [3.05, 3.63) is 30.3 Å². The van der Waals surface area contributed by atoms with Gasteiger partial charge in [0.15, 0.2) is 0 Å². The lowest BCUT2D eigenvalue weighted by molar-refractivity contribution is 0.429. The summed E-state index contributed by atoms with van der Waals surface area (Å²) in [7, 11) is 2.02. The molecule has 1 aromatic carbocycles. The maximum Gasteiger partial charge on any atom is 0.250 e. The topological polar surface area (TPSA) is 46.8 Å². The number of tetrazole rings is 1. The summed E-state index contributed by atoms with van der Waals surface area (Å²) in [5, 5.41) is 12.2. The zero-order valence-corrected chi connectivity index (χ0v) is 12.2. The van der Waals surface area contributed by atoms with Crippen LogP contribution >= 0.6 is 11.6 Å². The minimum atomic E-state index is 0.162. The maximum atomic E-state index is 6.47. The molecule has 1 heterocycles. The fourth-order valence-corrected chi connectivity index (χ4v) is 3.24. The van der Waals surface area contributed by atoms with E-state index in [4.69, 9.17) is 11.6 Å². The predicted molar refractivity (Wildman–Crippen MR) is 79.5 cm³/mol. The molecule has 0 aliphatic heterocycles. The Morgan fingerprint density at radius 2 is 1.95 bits per heavy atom. The molecular formula is C14H18ClN5. The lowest BCUT2D eigenvalue weighted by Crippen LogP contribution is -2.42. The monoisotopic (exact) mass is 291 g/mol. The Kier molecular flexibility index (Phi) is 3.87. The first-order valence-electron chi connectivity index (χ1n) is 6.98. The Morgan fingerprint density at radius 1 is 1.20 bits per heavy atom. The highest BCUT2D eigenvalue weighted by atomic mass is 35.5. The Bertz CT molecular complexity index is 556. The van der Waals surface area contributed by atoms with Crippen LogP contribution in [-0.4, -0.2) is 38.7 Å². The number of halogens is 1. The predicted octanol–water partition coefficient (Wildman–Crippen LogP) is 2.65. The van der Waals surface area contributed by atoms with E-state index in [0.29, 0.717) is 6.04 Å². The third kappa shape index (κ3) is 2.50. The standard InChI is InChI=1S/C14H18ClN5/c1-19(13-10-6-5-9-12(13)15)14-16-17-18-20(14)11-7-3-2-4-8-11/h2-4,7-8,12-13H,5-6,9-10H2,1H3. The van der Waals surface area contributed by atoms with Gasteiger partial charge >= 0.3 is 0 Å². The van der Waals surface area contributed by atoms with Crippen molar-refractivity contribution >= 4 is 17.5 Å². The molecule has 106 valence electrons. The summed E-state index contributed by atoms with van der Waals surface area (Å²) in [6.07, 6.45) is 4.57. The average Bonchev–Trinajstić information content (AvgIpc) is 2.97. The van der Waals surface area contributed by atoms with Crippen LogP contribution in [0.25, 0.3) is 5.69 Å². The summed E-state index contributed by atoms with van der Waals surface area (Å²) in [5.74, 6) is 0.744. The van der Waals surface area contributed by atoms with E-state index in [1.165, 1.54) is 12.8 Å². The Hall–Kier alpha value is -1.62. The normalized spacial score (nSPS) is 22.7. The van der Waals surface area contributed by atoms with E-state index in [1.54, 1.807) is 4.68 Å². The number of hydrogen-bond donors (Lipinski definition) is 0. The third-order valence-electron chi connectivity index (χ3n) is 3.91. The van der Waals surface area contributed by atoms with Crippen LogP contribution in [0.3, 0.4) is 0 Å². The number of aromatic nitrogens is 4. The van der Waals surface area contributed by atoms with Gasteiger partial charge in [0, 0.05) is 13.1 Å². The third-order valence-corrected chi connectivity index (χ3v) is 4.42. The van der Waals surface area contributed by atoms with Crippen LogP contribution < -0.4 is 4.90 Å². The van der Waals surface area contributed by atoms with Crippen molar-refractivity contribution < 1.29 is 0 Å². The molecule has 6 heteroatoms. The van der Waals surface area contributed by atoms with Gasteiger partial charge in [0.25, 0.3) is 0 Å². The molecule has 3 rings (SSSR count). The minimum absolute atomic E-state index is 0.162. The van der Waals surface area contributed by atoms with Gasteiger partial charge in [0.05, 0.1) is 11.1 Å². The van der Waals surface area contributed by atoms with E-state index >= 15 is 0 Å². The van der Waals surface area contributed by atoms with Gasteiger partial charge in [0.1, 0.15) is 0 Å².